The van der Waals surface area contributed by atoms with Crippen molar-refractivity contribution in [2.45, 2.75) is 145 Å². The van der Waals surface area contributed by atoms with E-state index in [0.29, 0.717) is 6.61 Å². The second kappa shape index (κ2) is 15.6. The maximum atomic E-state index is 14.3. The van der Waals surface area contributed by atoms with E-state index in [1.165, 1.54) is 5.56 Å². The van der Waals surface area contributed by atoms with Gasteiger partial charge >= 0.3 is 5.97 Å². The molecule has 4 bridgehead atoms. The molecule has 3 aliphatic heterocycles. The van der Waals surface area contributed by atoms with Gasteiger partial charge in [-0.15, -0.1) is 0 Å². The van der Waals surface area contributed by atoms with Crippen molar-refractivity contribution in [2.75, 3.05) is 0 Å². The first-order chi connectivity index (χ1) is 23.5. The Kier molecular flexibility index (Phi) is 12.1. The fraction of sp³-hybridized carbons (Fsp3) is 0.651. The SMILES string of the molecule is C=C1C[C@H](C)[C@@H]2OC(C)(C)O[C@@H]([C@@H]2C)[C@@H](C)C(=O)O[C@H]([C@@H](C)[C@H](C)OCc2ccccc2)[C@H](C)[C@@H]2O[C@H](c3c(C)cc(C)cc3C)O[C@@H]1[C@@H]2C. The molecule has 3 saturated heterocycles. The zero-order valence-corrected chi connectivity index (χ0v) is 32.5. The van der Waals surface area contributed by atoms with Gasteiger partial charge in [-0.1, -0.05) is 89.2 Å². The molecule has 0 saturated carbocycles. The van der Waals surface area contributed by atoms with Crippen LogP contribution >= 0.6 is 0 Å². The molecule has 3 fully saturated rings. The van der Waals surface area contributed by atoms with Crippen molar-refractivity contribution in [3.05, 3.63) is 82.4 Å². The summed E-state index contributed by atoms with van der Waals surface area (Å²) in [4.78, 5) is 14.3. The monoisotopic (exact) mass is 690 g/mol. The van der Waals surface area contributed by atoms with Crippen molar-refractivity contribution in [1.82, 2.24) is 0 Å². The van der Waals surface area contributed by atoms with E-state index in [9.17, 15) is 4.79 Å². The topological polar surface area (TPSA) is 72.5 Å². The Hall–Kier alpha value is -2.55. The van der Waals surface area contributed by atoms with Gasteiger partial charge in [-0.25, -0.2) is 0 Å². The van der Waals surface area contributed by atoms with E-state index in [2.05, 4.69) is 93.2 Å². The van der Waals surface area contributed by atoms with Gasteiger partial charge in [0.15, 0.2) is 12.1 Å². The van der Waals surface area contributed by atoms with Gasteiger partial charge in [0.2, 0.25) is 0 Å². The van der Waals surface area contributed by atoms with Crippen molar-refractivity contribution in [1.29, 1.82) is 0 Å². The Bertz CT molecular complexity index is 1460. The quantitative estimate of drug-likeness (QED) is 0.221. The summed E-state index contributed by atoms with van der Waals surface area (Å²) in [5, 5.41) is 0. The zero-order valence-electron chi connectivity index (χ0n) is 32.5. The number of ether oxygens (including phenoxy) is 6. The van der Waals surface area contributed by atoms with Crippen LogP contribution in [-0.4, -0.2) is 48.4 Å². The molecular weight excluding hydrogens is 628 g/mol. The molecule has 7 nitrogen and oxygen atoms in total. The molecule has 2 aromatic carbocycles. The molecule has 0 radical (unpaired) electrons. The number of rotatable bonds is 6. The summed E-state index contributed by atoms with van der Waals surface area (Å²) in [6.45, 7) is 30.2. The van der Waals surface area contributed by atoms with Gasteiger partial charge in [-0.3, -0.25) is 4.79 Å². The average Bonchev–Trinajstić information content (AvgIpc) is 3.05. The van der Waals surface area contributed by atoms with Gasteiger partial charge in [0.05, 0.1) is 43.0 Å². The Morgan fingerprint density at radius 1 is 0.860 bits per heavy atom. The van der Waals surface area contributed by atoms with E-state index in [4.69, 9.17) is 28.4 Å². The number of fused-ring (bicyclic) bond motifs is 4. The molecule has 0 aliphatic carbocycles. The highest BCUT2D eigenvalue weighted by atomic mass is 16.7. The minimum Gasteiger partial charge on any atom is -0.461 e. The van der Waals surface area contributed by atoms with Crippen LogP contribution in [-0.2, 0) is 39.8 Å². The van der Waals surface area contributed by atoms with Crippen molar-refractivity contribution in [2.24, 2.45) is 35.5 Å². The van der Waals surface area contributed by atoms with E-state index in [0.717, 1.165) is 34.2 Å². The van der Waals surface area contributed by atoms with E-state index >= 15 is 0 Å². The van der Waals surface area contributed by atoms with Crippen LogP contribution in [0.2, 0.25) is 0 Å². The smallest absolute Gasteiger partial charge is 0.311 e. The van der Waals surface area contributed by atoms with E-state index < -0.39 is 24.1 Å². The second-order valence-electron chi connectivity index (χ2n) is 16.3. The number of carbonyl (C=O) groups is 1. The fourth-order valence-corrected chi connectivity index (χ4v) is 8.90. The first-order valence-corrected chi connectivity index (χ1v) is 18.8. The molecule has 276 valence electrons. The van der Waals surface area contributed by atoms with Gasteiger partial charge < -0.3 is 28.4 Å². The fourth-order valence-electron chi connectivity index (χ4n) is 8.90. The Balaban J connectivity index is 1.56. The number of carbonyl (C=O) groups excluding carboxylic acids is 1. The van der Waals surface area contributed by atoms with E-state index in [1.807, 2.05) is 39.0 Å². The van der Waals surface area contributed by atoms with Crippen molar-refractivity contribution in [3.8, 4) is 0 Å². The third-order valence-electron chi connectivity index (χ3n) is 11.7. The van der Waals surface area contributed by atoms with E-state index in [1.54, 1.807) is 0 Å². The molecule has 3 aliphatic rings. The molecule has 0 aromatic heterocycles. The Labute approximate surface area is 301 Å². The minimum absolute atomic E-state index is 0.0517. The molecule has 3 heterocycles. The summed E-state index contributed by atoms with van der Waals surface area (Å²) in [5.74, 6) is -1.97. The highest BCUT2D eigenvalue weighted by Gasteiger charge is 2.51. The Morgan fingerprint density at radius 2 is 1.48 bits per heavy atom. The summed E-state index contributed by atoms with van der Waals surface area (Å²) in [7, 11) is 0. The number of aryl methyl sites for hydroxylation is 3. The summed E-state index contributed by atoms with van der Waals surface area (Å²) in [6.07, 6.45) is -1.68. The minimum atomic E-state index is -0.859. The van der Waals surface area contributed by atoms with Crippen LogP contribution in [0.25, 0.3) is 0 Å². The summed E-state index contributed by atoms with van der Waals surface area (Å²) in [6, 6.07) is 14.5. The predicted molar refractivity (Wildman–Crippen MR) is 196 cm³/mol. The van der Waals surface area contributed by atoms with Crippen LogP contribution in [0.3, 0.4) is 0 Å². The first-order valence-electron chi connectivity index (χ1n) is 18.8. The average molecular weight is 691 g/mol. The van der Waals surface area contributed by atoms with Crippen LogP contribution < -0.4 is 0 Å². The lowest BCUT2D eigenvalue weighted by Crippen LogP contribution is -2.56. The standard InChI is InChI=1S/C43H62O7/c1-23-19-24(2)35(25(3)20-23)42-47-36-26(4)21-27(5)37-30(8)40(50-43(12,13)49-37)32(10)41(44)46-38(31(9)39(48-42)29(36)7)28(6)33(11)45-22-34-17-15-14-16-18-34/h14-20,27-33,36-40,42H,4,21-22H2,1-3,5-13H3/t27-,28-,29-,30+,31-,32+,33-,36-,37-,38+,39+,40-,42+/m0/s1. The highest BCUT2D eigenvalue weighted by molar-refractivity contribution is 5.73. The maximum Gasteiger partial charge on any atom is 0.311 e. The van der Waals surface area contributed by atoms with Gasteiger partial charge in [-0.2, -0.15) is 0 Å². The van der Waals surface area contributed by atoms with E-state index in [-0.39, 0.29) is 66.1 Å². The number of esters is 1. The molecule has 13 atom stereocenters. The molecule has 7 heteroatoms. The molecule has 0 amide bonds. The van der Waals surface area contributed by atoms with Crippen LogP contribution in [0.1, 0.15) is 103 Å². The normalized spacial score (nSPS) is 36.2. The molecule has 0 spiro atoms. The molecule has 5 rings (SSSR count). The van der Waals surface area contributed by atoms with Crippen LogP contribution in [0.5, 0.6) is 0 Å². The highest BCUT2D eigenvalue weighted by Crippen LogP contribution is 2.46. The number of hydrogen-bond acceptors (Lipinski definition) is 7. The molecule has 2 aromatic rings. The Morgan fingerprint density at radius 3 is 2.12 bits per heavy atom. The lowest BCUT2D eigenvalue weighted by Gasteiger charge is -2.50. The number of cyclic esters (lactones) is 1. The lowest BCUT2D eigenvalue weighted by atomic mass is 9.75. The van der Waals surface area contributed by atoms with Crippen molar-refractivity contribution >= 4 is 5.97 Å². The van der Waals surface area contributed by atoms with Crippen molar-refractivity contribution < 1.29 is 33.2 Å². The molecule has 50 heavy (non-hydrogen) atoms. The maximum absolute atomic E-state index is 14.3. The van der Waals surface area contributed by atoms with Gasteiger partial charge in [0, 0.05) is 29.2 Å². The lowest BCUT2D eigenvalue weighted by molar-refractivity contribution is -0.334. The van der Waals surface area contributed by atoms with Gasteiger partial charge in [0.25, 0.3) is 0 Å². The predicted octanol–water partition coefficient (Wildman–Crippen LogP) is 9.21. The molecule has 0 unspecified atom stereocenters. The largest absolute Gasteiger partial charge is 0.461 e. The third kappa shape index (κ3) is 8.23. The summed E-state index contributed by atoms with van der Waals surface area (Å²) < 4.78 is 40.2. The molecular formula is C43H62O7. The van der Waals surface area contributed by atoms with Crippen LogP contribution in [0.15, 0.2) is 54.6 Å². The third-order valence-corrected chi connectivity index (χ3v) is 11.7. The summed E-state index contributed by atoms with van der Waals surface area (Å²) >= 11 is 0. The first kappa shape index (κ1) is 38.7. The van der Waals surface area contributed by atoms with Crippen molar-refractivity contribution in [3.63, 3.8) is 0 Å². The summed E-state index contributed by atoms with van der Waals surface area (Å²) in [5.41, 5.74) is 6.64. The number of hydrogen-bond donors (Lipinski definition) is 0. The van der Waals surface area contributed by atoms with Crippen LogP contribution in [0, 0.1) is 56.3 Å². The number of benzene rings is 2. The van der Waals surface area contributed by atoms with Gasteiger partial charge in [0.1, 0.15) is 6.10 Å². The molecule has 0 N–H and O–H groups in total. The second-order valence-corrected chi connectivity index (χ2v) is 16.3. The van der Waals surface area contributed by atoms with Crippen LogP contribution in [0.4, 0.5) is 0 Å². The van der Waals surface area contributed by atoms with Gasteiger partial charge in [-0.05, 0) is 83.1 Å². The zero-order chi connectivity index (χ0) is 36.7.